The fraction of sp³-hybridized carbons (Fsp3) is 1.00. The minimum Gasteiger partial charge on any atom is -0.336 e. The van der Waals surface area contributed by atoms with Gasteiger partial charge in [-0.2, -0.15) is 43.9 Å². The van der Waals surface area contributed by atoms with E-state index in [1.807, 2.05) is 0 Å². The number of alkyl halides is 10. The van der Waals surface area contributed by atoms with Crippen molar-refractivity contribution < 1.29 is 57.8 Å². The van der Waals surface area contributed by atoms with Crippen LogP contribution in [0, 0.1) is 0 Å². The molecule has 0 bridgehead atoms. The molecule has 0 aromatic carbocycles. The molecular weight excluding hydrogens is 411 g/mol. The first-order valence-corrected chi connectivity index (χ1v) is 8.97. The maximum Gasteiger partial charge on any atom is 0.463 e. The molecule has 160 valence electrons. The molecule has 14 heteroatoms. The van der Waals surface area contributed by atoms with Crippen LogP contribution in [0.5, 0.6) is 0 Å². The van der Waals surface area contributed by atoms with Gasteiger partial charge in [0.1, 0.15) is 0 Å². The van der Waals surface area contributed by atoms with Crippen molar-refractivity contribution in [1.82, 2.24) is 0 Å². The summed E-state index contributed by atoms with van der Waals surface area (Å²) in [5.74, 6) is 0. The normalized spacial score (nSPS) is 14.7. The van der Waals surface area contributed by atoms with Gasteiger partial charge in [0, 0.05) is 0 Å². The Hall–Kier alpha value is -0.550. The van der Waals surface area contributed by atoms with Crippen molar-refractivity contribution >= 4 is 7.37 Å². The summed E-state index contributed by atoms with van der Waals surface area (Å²) in [5, 5.41) is 0. The van der Waals surface area contributed by atoms with Crippen molar-refractivity contribution in [3.05, 3.63) is 0 Å². The first-order valence-electron chi connectivity index (χ1n) is 7.31. The smallest absolute Gasteiger partial charge is 0.336 e. The summed E-state index contributed by atoms with van der Waals surface area (Å²) in [6.07, 6.45) is -14.0. The molecule has 0 aromatic heterocycles. The predicted octanol–water partition coefficient (Wildman–Crippen LogP) is 5.45. The van der Waals surface area contributed by atoms with Crippen LogP contribution >= 0.6 is 7.37 Å². The number of rotatable bonds is 6. The Balaban J connectivity index is 0. The SMILES string of the molecule is CC[N+](CC)(CC)CC.O=P(O)(C(F)(F)C(F)(F)F)C(F)(F)C(F)(F)F. The van der Waals surface area contributed by atoms with Crippen molar-refractivity contribution in [2.45, 2.75) is 51.4 Å². The monoisotopic (exact) mass is 432 g/mol. The van der Waals surface area contributed by atoms with E-state index in [4.69, 9.17) is 4.89 Å². The van der Waals surface area contributed by atoms with E-state index < -0.39 is 31.0 Å². The molecule has 0 heterocycles. The molecule has 0 rings (SSSR count). The minimum absolute atomic E-state index is 1.28. The van der Waals surface area contributed by atoms with E-state index in [0.29, 0.717) is 0 Å². The van der Waals surface area contributed by atoms with Crippen LogP contribution in [0.15, 0.2) is 0 Å². The van der Waals surface area contributed by atoms with Crippen molar-refractivity contribution in [3.63, 3.8) is 0 Å². The number of halogens is 10. The molecule has 3 nitrogen and oxygen atoms in total. The largest absolute Gasteiger partial charge is 0.463 e. The summed E-state index contributed by atoms with van der Waals surface area (Å²) in [6, 6.07) is 0. The second kappa shape index (κ2) is 8.64. The van der Waals surface area contributed by atoms with Gasteiger partial charge in [-0.3, -0.25) is 4.57 Å². The summed E-state index contributed by atoms with van der Waals surface area (Å²) < 4.78 is 129. The molecule has 0 saturated carbocycles. The van der Waals surface area contributed by atoms with Gasteiger partial charge in [0.15, 0.2) is 0 Å². The van der Waals surface area contributed by atoms with E-state index in [2.05, 4.69) is 27.7 Å². The Morgan fingerprint density at radius 1 is 0.654 bits per heavy atom. The third-order valence-corrected chi connectivity index (χ3v) is 6.16. The minimum atomic E-state index is -8.26. The summed E-state index contributed by atoms with van der Waals surface area (Å²) in [4.78, 5) is 7.86. The van der Waals surface area contributed by atoms with E-state index >= 15 is 0 Å². The molecule has 0 fully saturated rings. The first-order chi connectivity index (χ1) is 11.2. The van der Waals surface area contributed by atoms with Crippen molar-refractivity contribution in [2.75, 3.05) is 26.2 Å². The van der Waals surface area contributed by atoms with Crippen molar-refractivity contribution in [1.29, 1.82) is 0 Å². The predicted molar refractivity (Wildman–Crippen MR) is 74.3 cm³/mol. The van der Waals surface area contributed by atoms with E-state index in [1.165, 1.54) is 30.7 Å². The van der Waals surface area contributed by atoms with Crippen LogP contribution in [0.2, 0.25) is 0 Å². The third-order valence-electron chi connectivity index (χ3n) is 4.13. The second-order valence-corrected chi connectivity index (χ2v) is 7.54. The van der Waals surface area contributed by atoms with Crippen LogP contribution in [0.3, 0.4) is 0 Å². The summed E-state index contributed by atoms with van der Waals surface area (Å²) in [6.45, 7) is 14.2. The maximum atomic E-state index is 12.1. The number of quaternary nitrogens is 1. The summed E-state index contributed by atoms with van der Waals surface area (Å²) in [5.41, 5.74) is -14.2. The van der Waals surface area contributed by atoms with Gasteiger partial charge in [0.25, 0.3) is 0 Å². The van der Waals surface area contributed by atoms with Crippen molar-refractivity contribution in [2.24, 2.45) is 0 Å². The van der Waals surface area contributed by atoms with Crippen LogP contribution in [-0.2, 0) is 4.57 Å². The first kappa shape index (κ1) is 27.7. The van der Waals surface area contributed by atoms with E-state index in [0.717, 1.165) is 0 Å². The number of hydrogen-bond donors (Lipinski definition) is 1. The van der Waals surface area contributed by atoms with E-state index in [9.17, 15) is 48.5 Å². The zero-order valence-electron chi connectivity index (χ0n) is 14.4. The lowest BCUT2D eigenvalue weighted by Crippen LogP contribution is -2.47. The van der Waals surface area contributed by atoms with Gasteiger partial charge in [0.05, 0.1) is 26.2 Å². The Labute approximate surface area is 144 Å². The lowest BCUT2D eigenvalue weighted by Gasteiger charge is -2.34. The van der Waals surface area contributed by atoms with Crippen LogP contribution in [-0.4, -0.2) is 59.2 Å². The molecular formula is C12H21F10NO2P+. The molecule has 0 aliphatic carbocycles. The molecule has 0 aliphatic rings. The summed E-state index contributed by atoms with van der Waals surface area (Å²) in [7, 11) is -8.26. The number of nitrogens with zero attached hydrogens (tertiary/aromatic N) is 1. The molecule has 0 aromatic rings. The molecule has 26 heavy (non-hydrogen) atoms. The average molecular weight is 432 g/mol. The number of hydrogen-bond acceptors (Lipinski definition) is 1. The van der Waals surface area contributed by atoms with Gasteiger partial charge in [-0.05, 0) is 27.7 Å². The fourth-order valence-electron chi connectivity index (χ4n) is 1.86. The Morgan fingerprint density at radius 2 is 0.846 bits per heavy atom. The molecule has 0 amide bonds. The highest BCUT2D eigenvalue weighted by molar-refractivity contribution is 7.60. The third kappa shape index (κ3) is 5.25. The zero-order chi connectivity index (χ0) is 21.8. The fourth-order valence-corrected chi connectivity index (χ4v) is 2.90. The van der Waals surface area contributed by atoms with Gasteiger partial charge in [0.2, 0.25) is 0 Å². The van der Waals surface area contributed by atoms with Gasteiger partial charge in [-0.1, -0.05) is 0 Å². The van der Waals surface area contributed by atoms with Crippen molar-refractivity contribution in [3.8, 4) is 0 Å². The van der Waals surface area contributed by atoms with Crippen LogP contribution < -0.4 is 0 Å². The van der Waals surface area contributed by atoms with E-state index in [-0.39, 0.29) is 0 Å². The van der Waals surface area contributed by atoms with E-state index in [1.54, 1.807) is 0 Å². The highest BCUT2D eigenvalue weighted by atomic mass is 31.2. The quantitative estimate of drug-likeness (QED) is 0.344. The van der Waals surface area contributed by atoms with Crippen LogP contribution in [0.4, 0.5) is 43.9 Å². The Kier molecular flexibility index (Phi) is 9.19. The van der Waals surface area contributed by atoms with Gasteiger partial charge in [-0.15, -0.1) is 0 Å². The molecule has 0 aliphatic heterocycles. The highest BCUT2D eigenvalue weighted by Gasteiger charge is 2.83. The Bertz CT molecular complexity index is 438. The molecule has 1 N–H and O–H groups in total. The van der Waals surface area contributed by atoms with Crippen LogP contribution in [0.25, 0.3) is 0 Å². The van der Waals surface area contributed by atoms with Gasteiger partial charge in [-0.25, -0.2) is 0 Å². The van der Waals surface area contributed by atoms with Crippen LogP contribution in [0.1, 0.15) is 27.7 Å². The summed E-state index contributed by atoms with van der Waals surface area (Å²) >= 11 is 0. The van der Waals surface area contributed by atoms with Gasteiger partial charge < -0.3 is 9.38 Å². The molecule has 0 saturated heterocycles. The lowest BCUT2D eigenvalue weighted by atomic mass is 10.3. The standard InChI is InChI=1S/C8H20N.C4HF10O2P/c1-5-9(6-2,7-3)8-4;5-1(6,7)3(11,12)17(15,16)4(13,14)2(8,9)10/h5-8H2,1-4H3;(H,15,16)/q+1;. The maximum absolute atomic E-state index is 12.1. The topological polar surface area (TPSA) is 37.3 Å². The van der Waals surface area contributed by atoms with Gasteiger partial charge >= 0.3 is 31.0 Å². The lowest BCUT2D eigenvalue weighted by molar-refractivity contribution is -0.921. The molecule has 0 unspecified atom stereocenters. The zero-order valence-corrected chi connectivity index (χ0v) is 15.3. The highest BCUT2D eigenvalue weighted by Crippen LogP contribution is 2.74. The molecule has 0 radical (unpaired) electrons. The second-order valence-electron chi connectivity index (χ2n) is 5.26. The molecule has 0 spiro atoms. The average Bonchev–Trinajstić information content (AvgIpc) is 2.48. The molecule has 0 atom stereocenters. The Morgan fingerprint density at radius 3 is 0.923 bits per heavy atom.